The summed E-state index contributed by atoms with van der Waals surface area (Å²) in [5, 5.41) is 9.63. The molecule has 0 bridgehead atoms. The molecule has 2 heteroatoms. The summed E-state index contributed by atoms with van der Waals surface area (Å²) in [4.78, 5) is 3.96. The first kappa shape index (κ1) is 11.2. The summed E-state index contributed by atoms with van der Waals surface area (Å²) in [5.41, 5.74) is 1.26. The standard InChI is InChI=1S/C12H19NO/c1-2-3-4-12(14)6-5-11-7-9-13-10-8-11/h7-10,12,14H,2-6H2,1H3. The lowest BCUT2D eigenvalue weighted by Gasteiger charge is -2.09. The Morgan fingerprint density at radius 2 is 2.00 bits per heavy atom. The number of aliphatic hydroxyl groups is 1. The summed E-state index contributed by atoms with van der Waals surface area (Å²) in [7, 11) is 0. The minimum absolute atomic E-state index is 0.136. The number of pyridine rings is 1. The van der Waals surface area contributed by atoms with E-state index in [-0.39, 0.29) is 6.10 Å². The molecule has 0 saturated carbocycles. The predicted octanol–water partition coefficient (Wildman–Crippen LogP) is 2.57. The second-order valence-electron chi connectivity index (χ2n) is 3.69. The zero-order valence-corrected chi connectivity index (χ0v) is 8.82. The second-order valence-corrected chi connectivity index (χ2v) is 3.69. The van der Waals surface area contributed by atoms with Crippen molar-refractivity contribution in [1.29, 1.82) is 0 Å². The largest absolute Gasteiger partial charge is 0.393 e. The summed E-state index contributed by atoms with van der Waals surface area (Å²) < 4.78 is 0. The molecule has 2 nitrogen and oxygen atoms in total. The van der Waals surface area contributed by atoms with Crippen LogP contribution in [0.1, 0.15) is 38.2 Å². The van der Waals surface area contributed by atoms with Crippen molar-refractivity contribution in [3.8, 4) is 0 Å². The third-order valence-electron chi connectivity index (χ3n) is 2.41. The molecular weight excluding hydrogens is 174 g/mol. The smallest absolute Gasteiger partial charge is 0.0543 e. The molecule has 1 aromatic rings. The van der Waals surface area contributed by atoms with Gasteiger partial charge in [-0.2, -0.15) is 0 Å². The van der Waals surface area contributed by atoms with E-state index in [0.717, 1.165) is 32.1 Å². The van der Waals surface area contributed by atoms with Gasteiger partial charge in [0.05, 0.1) is 6.10 Å². The van der Waals surface area contributed by atoms with Crippen LogP contribution < -0.4 is 0 Å². The van der Waals surface area contributed by atoms with Crippen molar-refractivity contribution in [2.75, 3.05) is 0 Å². The monoisotopic (exact) mass is 193 g/mol. The minimum atomic E-state index is -0.136. The van der Waals surface area contributed by atoms with Crippen LogP contribution in [0.25, 0.3) is 0 Å². The van der Waals surface area contributed by atoms with Crippen molar-refractivity contribution < 1.29 is 5.11 Å². The normalized spacial score (nSPS) is 12.7. The average molecular weight is 193 g/mol. The molecule has 0 aliphatic rings. The number of rotatable bonds is 6. The lowest BCUT2D eigenvalue weighted by atomic mass is 10.0. The van der Waals surface area contributed by atoms with Gasteiger partial charge < -0.3 is 5.11 Å². The molecule has 0 aliphatic heterocycles. The number of aliphatic hydroxyl groups excluding tert-OH is 1. The molecular formula is C12H19NO. The first-order chi connectivity index (χ1) is 6.83. The van der Waals surface area contributed by atoms with Crippen LogP contribution in [-0.4, -0.2) is 16.2 Å². The number of aryl methyl sites for hydroxylation is 1. The molecule has 78 valence electrons. The van der Waals surface area contributed by atoms with Gasteiger partial charge in [-0.25, -0.2) is 0 Å². The summed E-state index contributed by atoms with van der Waals surface area (Å²) in [6.07, 6.45) is 8.49. The Balaban J connectivity index is 2.20. The number of hydrogen-bond donors (Lipinski definition) is 1. The van der Waals surface area contributed by atoms with Gasteiger partial charge in [0.1, 0.15) is 0 Å². The fraction of sp³-hybridized carbons (Fsp3) is 0.583. The third kappa shape index (κ3) is 4.38. The van der Waals surface area contributed by atoms with Gasteiger partial charge in [0, 0.05) is 12.4 Å². The fourth-order valence-electron chi connectivity index (χ4n) is 1.47. The van der Waals surface area contributed by atoms with Gasteiger partial charge in [-0.1, -0.05) is 19.8 Å². The van der Waals surface area contributed by atoms with Crippen molar-refractivity contribution in [3.63, 3.8) is 0 Å². The molecule has 0 radical (unpaired) electrons. The second kappa shape index (κ2) is 6.55. The highest BCUT2D eigenvalue weighted by Crippen LogP contribution is 2.08. The van der Waals surface area contributed by atoms with Crippen molar-refractivity contribution in [2.45, 2.75) is 45.1 Å². The molecule has 1 atom stereocenters. The molecule has 0 fully saturated rings. The highest BCUT2D eigenvalue weighted by atomic mass is 16.3. The zero-order chi connectivity index (χ0) is 10.2. The molecule has 1 unspecified atom stereocenters. The molecule has 1 heterocycles. The van der Waals surface area contributed by atoms with Gasteiger partial charge in [0.25, 0.3) is 0 Å². The highest BCUT2D eigenvalue weighted by molar-refractivity contribution is 5.09. The lowest BCUT2D eigenvalue weighted by molar-refractivity contribution is 0.152. The van der Waals surface area contributed by atoms with Crippen LogP contribution in [0.4, 0.5) is 0 Å². The summed E-state index contributed by atoms with van der Waals surface area (Å²) in [6, 6.07) is 4.01. The fourth-order valence-corrected chi connectivity index (χ4v) is 1.47. The van der Waals surface area contributed by atoms with E-state index in [1.807, 2.05) is 12.1 Å². The van der Waals surface area contributed by atoms with Crippen molar-refractivity contribution in [2.24, 2.45) is 0 Å². The van der Waals surface area contributed by atoms with Crippen LogP contribution in [0.3, 0.4) is 0 Å². The van der Waals surface area contributed by atoms with Crippen LogP contribution >= 0.6 is 0 Å². The average Bonchev–Trinajstić information content (AvgIpc) is 2.25. The number of aromatic nitrogens is 1. The molecule has 14 heavy (non-hydrogen) atoms. The predicted molar refractivity (Wildman–Crippen MR) is 58.1 cm³/mol. The van der Waals surface area contributed by atoms with Gasteiger partial charge in [-0.3, -0.25) is 4.98 Å². The SMILES string of the molecule is CCCCC(O)CCc1ccncc1. The summed E-state index contributed by atoms with van der Waals surface area (Å²) >= 11 is 0. The lowest BCUT2D eigenvalue weighted by Crippen LogP contribution is -2.07. The molecule has 0 aliphatic carbocycles. The Labute approximate surface area is 86.0 Å². The number of hydrogen-bond acceptors (Lipinski definition) is 2. The quantitative estimate of drug-likeness (QED) is 0.753. The van der Waals surface area contributed by atoms with E-state index in [1.165, 1.54) is 5.56 Å². The molecule has 1 aromatic heterocycles. The van der Waals surface area contributed by atoms with Gasteiger partial charge in [0.2, 0.25) is 0 Å². The van der Waals surface area contributed by atoms with Crippen LogP contribution in [0.2, 0.25) is 0 Å². The van der Waals surface area contributed by atoms with E-state index in [0.29, 0.717) is 0 Å². The van der Waals surface area contributed by atoms with E-state index >= 15 is 0 Å². The molecule has 0 amide bonds. The molecule has 0 aromatic carbocycles. The summed E-state index contributed by atoms with van der Waals surface area (Å²) in [6.45, 7) is 2.15. The first-order valence-corrected chi connectivity index (χ1v) is 5.40. The zero-order valence-electron chi connectivity index (χ0n) is 8.82. The van der Waals surface area contributed by atoms with E-state index in [2.05, 4.69) is 11.9 Å². The van der Waals surface area contributed by atoms with Gasteiger partial charge >= 0.3 is 0 Å². The van der Waals surface area contributed by atoms with E-state index in [1.54, 1.807) is 12.4 Å². The first-order valence-electron chi connectivity index (χ1n) is 5.40. The van der Waals surface area contributed by atoms with Gasteiger partial charge in [-0.15, -0.1) is 0 Å². The minimum Gasteiger partial charge on any atom is -0.393 e. The van der Waals surface area contributed by atoms with Crippen molar-refractivity contribution >= 4 is 0 Å². The Bertz CT molecular complexity index is 235. The van der Waals surface area contributed by atoms with Crippen LogP contribution in [0.5, 0.6) is 0 Å². The third-order valence-corrected chi connectivity index (χ3v) is 2.41. The number of nitrogens with zero attached hydrogens (tertiary/aromatic N) is 1. The van der Waals surface area contributed by atoms with E-state index in [9.17, 15) is 5.11 Å². The van der Waals surface area contributed by atoms with Crippen LogP contribution in [0.15, 0.2) is 24.5 Å². The highest BCUT2D eigenvalue weighted by Gasteiger charge is 2.03. The molecule has 0 spiro atoms. The maximum atomic E-state index is 9.63. The molecule has 0 saturated heterocycles. The van der Waals surface area contributed by atoms with Crippen LogP contribution in [-0.2, 0) is 6.42 Å². The van der Waals surface area contributed by atoms with Gasteiger partial charge in [0.15, 0.2) is 0 Å². The Morgan fingerprint density at radius 3 is 2.64 bits per heavy atom. The topological polar surface area (TPSA) is 33.1 Å². The Morgan fingerprint density at radius 1 is 1.29 bits per heavy atom. The van der Waals surface area contributed by atoms with Crippen LogP contribution in [0, 0.1) is 0 Å². The maximum absolute atomic E-state index is 9.63. The van der Waals surface area contributed by atoms with E-state index in [4.69, 9.17) is 0 Å². The Hall–Kier alpha value is -0.890. The summed E-state index contributed by atoms with van der Waals surface area (Å²) in [5.74, 6) is 0. The van der Waals surface area contributed by atoms with Crippen molar-refractivity contribution in [1.82, 2.24) is 4.98 Å². The van der Waals surface area contributed by atoms with Gasteiger partial charge in [-0.05, 0) is 37.0 Å². The molecule has 1 N–H and O–H groups in total. The van der Waals surface area contributed by atoms with E-state index < -0.39 is 0 Å². The Kier molecular flexibility index (Phi) is 5.23. The maximum Gasteiger partial charge on any atom is 0.0543 e. The van der Waals surface area contributed by atoms with Crippen molar-refractivity contribution in [3.05, 3.63) is 30.1 Å². The molecule has 1 rings (SSSR count). The number of unbranched alkanes of at least 4 members (excludes halogenated alkanes) is 1.